The number of aromatic nitrogens is 3. The number of hydrogen-bond donors (Lipinski definition) is 1. The second-order valence-corrected chi connectivity index (χ2v) is 5.64. The fraction of sp³-hybridized carbons (Fsp3) is 0.471. The lowest BCUT2D eigenvalue weighted by Gasteiger charge is -2.09. The number of methoxy groups -OCH3 is 1. The maximum absolute atomic E-state index is 12.1. The zero-order chi connectivity index (χ0) is 16.8. The highest BCUT2D eigenvalue weighted by Gasteiger charge is 2.15. The third-order valence-corrected chi connectivity index (χ3v) is 4.09. The molecule has 7 nitrogen and oxygen atoms in total. The quantitative estimate of drug-likeness (QED) is 0.858. The molecule has 3 rings (SSSR count). The molecule has 0 spiro atoms. The first-order valence-corrected chi connectivity index (χ1v) is 8.15. The van der Waals surface area contributed by atoms with Gasteiger partial charge in [-0.2, -0.15) is 0 Å². The van der Waals surface area contributed by atoms with Crippen molar-refractivity contribution in [1.82, 2.24) is 20.1 Å². The van der Waals surface area contributed by atoms with Gasteiger partial charge in [0.2, 0.25) is 5.91 Å². The predicted octanol–water partition coefficient (Wildman–Crippen LogP) is 1.11. The summed E-state index contributed by atoms with van der Waals surface area (Å²) in [6.07, 6.45) is 1.81. The maximum Gasteiger partial charge on any atom is 0.220 e. The number of nitrogens with one attached hydrogen (secondary N) is 1. The van der Waals surface area contributed by atoms with Crippen molar-refractivity contribution in [3.05, 3.63) is 41.5 Å². The van der Waals surface area contributed by atoms with Gasteiger partial charge in [0.15, 0.2) is 5.82 Å². The molecule has 1 aromatic carbocycles. The van der Waals surface area contributed by atoms with Gasteiger partial charge in [-0.1, -0.05) is 18.2 Å². The molecule has 0 saturated carbocycles. The maximum atomic E-state index is 12.1. The number of nitrogens with zero attached hydrogens (tertiary/aromatic N) is 3. The van der Waals surface area contributed by atoms with Gasteiger partial charge in [0.05, 0.1) is 26.9 Å². The van der Waals surface area contributed by atoms with Crippen molar-refractivity contribution < 1.29 is 14.3 Å². The third kappa shape index (κ3) is 3.91. The fourth-order valence-electron chi connectivity index (χ4n) is 2.79. The molecule has 0 radical (unpaired) electrons. The van der Waals surface area contributed by atoms with E-state index in [9.17, 15) is 4.79 Å². The summed E-state index contributed by atoms with van der Waals surface area (Å²) in [4.78, 5) is 12.1. The lowest BCUT2D eigenvalue weighted by Crippen LogP contribution is -2.25. The van der Waals surface area contributed by atoms with E-state index >= 15 is 0 Å². The highest BCUT2D eigenvalue weighted by molar-refractivity contribution is 5.76. The number of rotatable bonds is 6. The molecule has 0 saturated heterocycles. The molecule has 0 atom stereocenters. The molecule has 2 heterocycles. The number of carbonyl (C=O) groups excluding carboxylic acids is 1. The number of carbonyl (C=O) groups is 1. The Morgan fingerprint density at radius 3 is 3.08 bits per heavy atom. The van der Waals surface area contributed by atoms with Gasteiger partial charge < -0.3 is 19.4 Å². The predicted molar refractivity (Wildman–Crippen MR) is 87.7 cm³/mol. The van der Waals surface area contributed by atoms with Gasteiger partial charge in [-0.25, -0.2) is 0 Å². The van der Waals surface area contributed by atoms with E-state index in [2.05, 4.69) is 15.5 Å². The molecule has 0 unspecified atom stereocenters. The summed E-state index contributed by atoms with van der Waals surface area (Å²) >= 11 is 0. The fourth-order valence-corrected chi connectivity index (χ4v) is 2.79. The highest BCUT2D eigenvalue weighted by atomic mass is 16.5. The first-order valence-electron chi connectivity index (χ1n) is 8.15. The van der Waals surface area contributed by atoms with Crippen molar-refractivity contribution in [1.29, 1.82) is 0 Å². The average molecular weight is 330 g/mol. The first kappa shape index (κ1) is 16.4. The number of para-hydroxylation sites is 1. The number of benzene rings is 1. The van der Waals surface area contributed by atoms with Crippen molar-refractivity contribution in [3.63, 3.8) is 0 Å². The summed E-state index contributed by atoms with van der Waals surface area (Å²) in [5, 5.41) is 11.3. The van der Waals surface area contributed by atoms with E-state index in [0.29, 0.717) is 32.6 Å². The summed E-state index contributed by atoms with van der Waals surface area (Å²) in [6, 6.07) is 7.75. The van der Waals surface area contributed by atoms with Gasteiger partial charge >= 0.3 is 0 Å². The number of amides is 1. The molecular formula is C17H22N4O3. The van der Waals surface area contributed by atoms with Crippen LogP contribution in [0.3, 0.4) is 0 Å². The summed E-state index contributed by atoms with van der Waals surface area (Å²) in [5.41, 5.74) is 1.03. The van der Waals surface area contributed by atoms with Crippen molar-refractivity contribution >= 4 is 5.91 Å². The number of hydrogen-bond acceptors (Lipinski definition) is 5. The molecule has 1 aliphatic heterocycles. The molecular weight excluding hydrogens is 308 g/mol. The van der Waals surface area contributed by atoms with Crippen LogP contribution in [-0.4, -0.2) is 41.0 Å². The number of fused-ring (bicyclic) bond motifs is 1. The van der Waals surface area contributed by atoms with Crippen molar-refractivity contribution in [3.8, 4) is 5.75 Å². The molecule has 0 bridgehead atoms. The molecule has 2 aromatic rings. The minimum absolute atomic E-state index is 0.0110. The zero-order valence-corrected chi connectivity index (χ0v) is 13.8. The standard InChI is InChI=1S/C17H22N4O3/c1-23-14-5-3-2-4-13(14)6-7-17(22)18-12-16-20-19-15-8-10-24-11-9-21(15)16/h2-5H,6-12H2,1H3,(H,18,22). The van der Waals surface area contributed by atoms with E-state index < -0.39 is 0 Å². The van der Waals surface area contributed by atoms with Gasteiger partial charge in [-0.15, -0.1) is 10.2 Å². The second-order valence-electron chi connectivity index (χ2n) is 5.64. The van der Waals surface area contributed by atoms with Crippen LogP contribution in [0.4, 0.5) is 0 Å². The van der Waals surface area contributed by atoms with E-state index in [1.807, 2.05) is 28.8 Å². The SMILES string of the molecule is COc1ccccc1CCC(=O)NCc1nnc2n1CCOCC2. The number of aryl methyl sites for hydroxylation is 1. The lowest BCUT2D eigenvalue weighted by molar-refractivity contribution is -0.121. The Morgan fingerprint density at radius 1 is 1.33 bits per heavy atom. The largest absolute Gasteiger partial charge is 0.496 e. The Labute approximate surface area is 141 Å². The topological polar surface area (TPSA) is 78.3 Å². The minimum Gasteiger partial charge on any atom is -0.496 e. The second kappa shape index (κ2) is 7.92. The van der Waals surface area contributed by atoms with Crippen LogP contribution in [0.2, 0.25) is 0 Å². The van der Waals surface area contributed by atoms with Crippen LogP contribution in [0.1, 0.15) is 23.6 Å². The van der Waals surface area contributed by atoms with E-state index in [4.69, 9.17) is 9.47 Å². The third-order valence-electron chi connectivity index (χ3n) is 4.09. The summed E-state index contributed by atoms with van der Waals surface area (Å²) in [5.74, 6) is 2.50. The van der Waals surface area contributed by atoms with Crippen LogP contribution < -0.4 is 10.1 Å². The summed E-state index contributed by atoms with van der Waals surface area (Å²) in [6.45, 7) is 2.44. The van der Waals surface area contributed by atoms with E-state index in [1.54, 1.807) is 7.11 Å². The van der Waals surface area contributed by atoms with Crippen molar-refractivity contribution in [2.45, 2.75) is 32.4 Å². The van der Waals surface area contributed by atoms with Gasteiger partial charge in [0.1, 0.15) is 11.6 Å². The van der Waals surface area contributed by atoms with Crippen LogP contribution in [0.25, 0.3) is 0 Å². The van der Waals surface area contributed by atoms with Gasteiger partial charge in [0, 0.05) is 19.4 Å². The minimum atomic E-state index is -0.0110. The summed E-state index contributed by atoms with van der Waals surface area (Å²) < 4.78 is 12.8. The average Bonchev–Trinajstić information content (AvgIpc) is 2.84. The van der Waals surface area contributed by atoms with E-state index in [0.717, 1.165) is 35.9 Å². The molecule has 128 valence electrons. The first-order chi connectivity index (χ1) is 11.8. The molecule has 7 heteroatoms. The molecule has 0 fully saturated rings. The molecule has 1 N–H and O–H groups in total. The van der Waals surface area contributed by atoms with Crippen molar-refractivity contribution in [2.24, 2.45) is 0 Å². The lowest BCUT2D eigenvalue weighted by atomic mass is 10.1. The molecule has 24 heavy (non-hydrogen) atoms. The Hall–Kier alpha value is -2.41. The van der Waals surface area contributed by atoms with Crippen LogP contribution in [-0.2, 0) is 35.5 Å². The van der Waals surface area contributed by atoms with Crippen LogP contribution in [0, 0.1) is 0 Å². The van der Waals surface area contributed by atoms with E-state index in [1.165, 1.54) is 0 Å². The monoisotopic (exact) mass is 330 g/mol. The van der Waals surface area contributed by atoms with Crippen molar-refractivity contribution in [2.75, 3.05) is 20.3 Å². The van der Waals surface area contributed by atoms with Crippen LogP contribution in [0.15, 0.2) is 24.3 Å². The molecule has 1 aliphatic rings. The van der Waals surface area contributed by atoms with E-state index in [-0.39, 0.29) is 5.91 Å². The smallest absolute Gasteiger partial charge is 0.220 e. The zero-order valence-electron chi connectivity index (χ0n) is 13.8. The Bertz CT molecular complexity index is 699. The normalized spacial score (nSPS) is 13.9. The van der Waals surface area contributed by atoms with Gasteiger partial charge in [-0.3, -0.25) is 4.79 Å². The Morgan fingerprint density at radius 2 is 2.21 bits per heavy atom. The van der Waals surface area contributed by atoms with Crippen LogP contribution >= 0.6 is 0 Å². The Kier molecular flexibility index (Phi) is 5.43. The molecule has 1 aromatic heterocycles. The van der Waals surface area contributed by atoms with Crippen LogP contribution in [0.5, 0.6) is 5.75 Å². The highest BCUT2D eigenvalue weighted by Crippen LogP contribution is 2.18. The molecule has 1 amide bonds. The Balaban J connectivity index is 1.52. The van der Waals surface area contributed by atoms with Gasteiger partial charge in [0.25, 0.3) is 0 Å². The summed E-state index contributed by atoms with van der Waals surface area (Å²) in [7, 11) is 1.64. The van der Waals surface area contributed by atoms with Gasteiger partial charge in [-0.05, 0) is 18.1 Å². The number of ether oxygens (including phenoxy) is 2. The molecule has 0 aliphatic carbocycles.